The van der Waals surface area contributed by atoms with Crippen molar-refractivity contribution in [3.05, 3.63) is 35.4 Å². The predicted octanol–water partition coefficient (Wildman–Crippen LogP) is 3.59. The van der Waals surface area contributed by atoms with Crippen LogP contribution in [0.3, 0.4) is 0 Å². The van der Waals surface area contributed by atoms with E-state index in [2.05, 4.69) is 43.4 Å². The highest BCUT2D eigenvalue weighted by atomic mass is 14.9. The summed E-state index contributed by atoms with van der Waals surface area (Å²) < 4.78 is 0. The SMILES string of the molecule is CC(C)c1ccc(C(CN)NCCC2CCC2)cc1. The first-order valence-electron chi connectivity index (χ1n) is 7.74. The maximum atomic E-state index is 5.90. The highest BCUT2D eigenvalue weighted by Crippen LogP contribution is 2.29. The van der Waals surface area contributed by atoms with Crippen LogP contribution >= 0.6 is 0 Å². The first kappa shape index (κ1) is 14.5. The minimum Gasteiger partial charge on any atom is -0.329 e. The highest BCUT2D eigenvalue weighted by Gasteiger charge is 2.17. The van der Waals surface area contributed by atoms with Crippen molar-refractivity contribution in [2.75, 3.05) is 13.1 Å². The van der Waals surface area contributed by atoms with Crippen LogP contribution in [0, 0.1) is 5.92 Å². The van der Waals surface area contributed by atoms with Gasteiger partial charge in [-0.2, -0.15) is 0 Å². The fourth-order valence-electron chi connectivity index (χ4n) is 2.69. The lowest BCUT2D eigenvalue weighted by molar-refractivity contribution is 0.288. The van der Waals surface area contributed by atoms with Crippen molar-refractivity contribution >= 4 is 0 Å². The van der Waals surface area contributed by atoms with Crippen molar-refractivity contribution < 1.29 is 0 Å². The van der Waals surface area contributed by atoms with Gasteiger partial charge in [0.05, 0.1) is 0 Å². The second-order valence-electron chi connectivity index (χ2n) is 6.15. The van der Waals surface area contributed by atoms with E-state index in [0.717, 1.165) is 12.5 Å². The van der Waals surface area contributed by atoms with Crippen molar-refractivity contribution in [1.29, 1.82) is 0 Å². The molecule has 0 amide bonds. The Labute approximate surface area is 117 Å². The quantitative estimate of drug-likeness (QED) is 0.786. The lowest BCUT2D eigenvalue weighted by atomic mass is 9.83. The van der Waals surface area contributed by atoms with E-state index in [1.165, 1.54) is 36.8 Å². The molecule has 1 aliphatic carbocycles. The molecule has 2 rings (SSSR count). The summed E-state index contributed by atoms with van der Waals surface area (Å²) in [5.41, 5.74) is 8.62. The van der Waals surface area contributed by atoms with Gasteiger partial charge in [0.15, 0.2) is 0 Å². The second kappa shape index (κ2) is 7.06. The normalized spacial score (nSPS) is 17.5. The molecular formula is C17H28N2. The van der Waals surface area contributed by atoms with E-state index in [1.54, 1.807) is 0 Å². The van der Waals surface area contributed by atoms with Gasteiger partial charge < -0.3 is 11.1 Å². The van der Waals surface area contributed by atoms with Gasteiger partial charge in [-0.05, 0) is 35.9 Å². The van der Waals surface area contributed by atoms with Crippen LogP contribution in [0.15, 0.2) is 24.3 Å². The summed E-state index contributed by atoms with van der Waals surface area (Å²) in [5.74, 6) is 1.56. The fourth-order valence-corrected chi connectivity index (χ4v) is 2.69. The van der Waals surface area contributed by atoms with Gasteiger partial charge in [-0.3, -0.25) is 0 Å². The molecule has 0 saturated heterocycles. The molecule has 0 aromatic heterocycles. The highest BCUT2D eigenvalue weighted by molar-refractivity contribution is 5.27. The Morgan fingerprint density at radius 3 is 2.26 bits per heavy atom. The maximum absolute atomic E-state index is 5.90. The molecule has 0 spiro atoms. The van der Waals surface area contributed by atoms with Crippen LogP contribution in [0.5, 0.6) is 0 Å². The summed E-state index contributed by atoms with van der Waals surface area (Å²) in [7, 11) is 0. The fraction of sp³-hybridized carbons (Fsp3) is 0.647. The van der Waals surface area contributed by atoms with Crippen molar-refractivity contribution in [1.82, 2.24) is 5.32 Å². The van der Waals surface area contributed by atoms with Gasteiger partial charge in [-0.15, -0.1) is 0 Å². The van der Waals surface area contributed by atoms with E-state index < -0.39 is 0 Å². The lowest BCUT2D eigenvalue weighted by Crippen LogP contribution is -2.30. The summed E-state index contributed by atoms with van der Waals surface area (Å²) in [5, 5.41) is 3.61. The van der Waals surface area contributed by atoms with Gasteiger partial charge in [-0.1, -0.05) is 57.4 Å². The van der Waals surface area contributed by atoms with Crippen molar-refractivity contribution in [2.45, 2.75) is 51.5 Å². The zero-order valence-corrected chi connectivity index (χ0v) is 12.4. The predicted molar refractivity (Wildman–Crippen MR) is 82.3 cm³/mol. The summed E-state index contributed by atoms with van der Waals surface area (Å²) in [6.07, 6.45) is 5.60. The minimum atomic E-state index is 0.307. The third kappa shape index (κ3) is 4.05. The number of nitrogens with one attached hydrogen (secondary N) is 1. The standard InChI is InChI=1S/C17H28N2/c1-13(2)15-6-8-16(9-7-15)17(12-18)19-11-10-14-4-3-5-14/h6-9,13-14,17,19H,3-5,10-12,18H2,1-2H3. The molecule has 0 radical (unpaired) electrons. The van der Waals surface area contributed by atoms with Crippen LogP contribution in [0.25, 0.3) is 0 Å². The number of hydrogen-bond acceptors (Lipinski definition) is 2. The summed E-state index contributed by atoms with van der Waals surface area (Å²) >= 11 is 0. The Bertz CT molecular complexity index is 365. The molecular weight excluding hydrogens is 232 g/mol. The topological polar surface area (TPSA) is 38.0 Å². The zero-order valence-electron chi connectivity index (χ0n) is 12.4. The third-order valence-corrected chi connectivity index (χ3v) is 4.41. The van der Waals surface area contributed by atoms with Crippen molar-refractivity contribution in [3.8, 4) is 0 Å². The molecule has 1 aliphatic rings. The molecule has 3 N–H and O–H groups in total. The van der Waals surface area contributed by atoms with Gasteiger partial charge in [0.25, 0.3) is 0 Å². The van der Waals surface area contributed by atoms with Crippen LogP contribution in [0.4, 0.5) is 0 Å². The molecule has 0 bridgehead atoms. The molecule has 0 heterocycles. The van der Waals surface area contributed by atoms with Crippen molar-refractivity contribution in [3.63, 3.8) is 0 Å². The number of nitrogens with two attached hydrogens (primary N) is 1. The molecule has 106 valence electrons. The molecule has 1 atom stereocenters. The van der Waals surface area contributed by atoms with E-state index in [0.29, 0.717) is 18.5 Å². The first-order chi connectivity index (χ1) is 9.20. The van der Waals surface area contributed by atoms with Gasteiger partial charge in [-0.25, -0.2) is 0 Å². The van der Waals surface area contributed by atoms with E-state index >= 15 is 0 Å². The average Bonchev–Trinajstić information content (AvgIpc) is 2.37. The van der Waals surface area contributed by atoms with Gasteiger partial charge in [0, 0.05) is 12.6 Å². The van der Waals surface area contributed by atoms with E-state index in [1.807, 2.05) is 0 Å². The lowest BCUT2D eigenvalue weighted by Gasteiger charge is -2.26. The molecule has 2 nitrogen and oxygen atoms in total. The number of benzene rings is 1. The smallest absolute Gasteiger partial charge is 0.0444 e. The maximum Gasteiger partial charge on any atom is 0.0444 e. The third-order valence-electron chi connectivity index (χ3n) is 4.41. The molecule has 1 unspecified atom stereocenters. The molecule has 19 heavy (non-hydrogen) atoms. The van der Waals surface area contributed by atoms with Gasteiger partial charge >= 0.3 is 0 Å². The Morgan fingerprint density at radius 1 is 1.16 bits per heavy atom. The number of hydrogen-bond donors (Lipinski definition) is 2. The minimum absolute atomic E-state index is 0.307. The molecule has 1 aromatic carbocycles. The Morgan fingerprint density at radius 2 is 1.79 bits per heavy atom. The monoisotopic (exact) mass is 260 g/mol. The van der Waals surface area contributed by atoms with E-state index in [-0.39, 0.29) is 0 Å². The first-order valence-corrected chi connectivity index (χ1v) is 7.74. The van der Waals surface area contributed by atoms with E-state index in [9.17, 15) is 0 Å². The average molecular weight is 260 g/mol. The summed E-state index contributed by atoms with van der Waals surface area (Å²) in [6, 6.07) is 9.22. The van der Waals surface area contributed by atoms with Crippen LogP contribution in [0.2, 0.25) is 0 Å². The Kier molecular flexibility index (Phi) is 5.41. The second-order valence-corrected chi connectivity index (χ2v) is 6.15. The summed E-state index contributed by atoms with van der Waals surface area (Å²) in [4.78, 5) is 0. The molecule has 2 heteroatoms. The molecule has 1 fully saturated rings. The van der Waals surface area contributed by atoms with Crippen LogP contribution in [-0.4, -0.2) is 13.1 Å². The number of rotatable bonds is 7. The van der Waals surface area contributed by atoms with E-state index in [4.69, 9.17) is 5.73 Å². The Hall–Kier alpha value is -0.860. The van der Waals surface area contributed by atoms with Crippen LogP contribution in [0.1, 0.15) is 62.6 Å². The molecule has 1 aromatic rings. The summed E-state index contributed by atoms with van der Waals surface area (Å²) in [6.45, 7) is 6.22. The molecule has 0 aliphatic heterocycles. The Balaban J connectivity index is 1.84. The van der Waals surface area contributed by atoms with Gasteiger partial charge in [0.2, 0.25) is 0 Å². The van der Waals surface area contributed by atoms with Crippen LogP contribution in [-0.2, 0) is 0 Å². The zero-order chi connectivity index (χ0) is 13.7. The largest absolute Gasteiger partial charge is 0.329 e. The van der Waals surface area contributed by atoms with Crippen LogP contribution < -0.4 is 11.1 Å². The molecule has 1 saturated carbocycles. The van der Waals surface area contributed by atoms with Gasteiger partial charge in [0.1, 0.15) is 0 Å². The van der Waals surface area contributed by atoms with Crippen molar-refractivity contribution in [2.24, 2.45) is 11.7 Å².